The lowest BCUT2D eigenvalue weighted by Gasteiger charge is -2.14. The zero-order chi connectivity index (χ0) is 12.7. The second-order valence-electron chi connectivity index (χ2n) is 3.76. The van der Waals surface area contributed by atoms with Crippen LogP contribution < -0.4 is 9.47 Å². The predicted molar refractivity (Wildman–Crippen MR) is 64.6 cm³/mol. The molecule has 0 bridgehead atoms. The molecule has 0 aromatic heterocycles. The predicted octanol–water partition coefficient (Wildman–Crippen LogP) is 2.72. The van der Waals surface area contributed by atoms with E-state index in [2.05, 4.69) is 0 Å². The summed E-state index contributed by atoms with van der Waals surface area (Å²) in [5, 5.41) is 9.01. The number of aliphatic carboxylic acids is 1. The molecule has 4 heteroatoms. The van der Waals surface area contributed by atoms with Crippen molar-refractivity contribution < 1.29 is 19.4 Å². The molecule has 0 heterocycles. The van der Waals surface area contributed by atoms with Gasteiger partial charge in [-0.25, -0.2) is 4.79 Å². The van der Waals surface area contributed by atoms with Crippen LogP contribution in [0.5, 0.6) is 11.5 Å². The molecule has 0 amide bonds. The summed E-state index contributed by atoms with van der Waals surface area (Å²) in [6.07, 6.45) is 1.55. The average Bonchev–Trinajstić information content (AvgIpc) is 2.35. The summed E-state index contributed by atoms with van der Waals surface area (Å²) in [7, 11) is 1.58. The molecule has 0 aliphatic heterocycles. The summed E-state index contributed by atoms with van der Waals surface area (Å²) in [5.74, 6) is 0.348. The van der Waals surface area contributed by atoms with Crippen LogP contribution in [0, 0.1) is 0 Å². The van der Waals surface area contributed by atoms with E-state index in [4.69, 9.17) is 14.6 Å². The van der Waals surface area contributed by atoms with Gasteiger partial charge < -0.3 is 14.6 Å². The second-order valence-corrected chi connectivity index (χ2v) is 3.76. The van der Waals surface area contributed by atoms with Gasteiger partial charge in [0.05, 0.1) is 7.11 Å². The van der Waals surface area contributed by atoms with Crippen molar-refractivity contribution in [2.24, 2.45) is 0 Å². The third-order valence-electron chi connectivity index (χ3n) is 2.43. The summed E-state index contributed by atoms with van der Waals surface area (Å²) in [6, 6.07) is 6.91. The van der Waals surface area contributed by atoms with Crippen molar-refractivity contribution in [2.45, 2.75) is 32.3 Å². The molecule has 94 valence electrons. The Bertz CT molecular complexity index is 345. The molecule has 0 unspecified atom stereocenters. The highest BCUT2D eigenvalue weighted by molar-refractivity contribution is 5.72. The van der Waals surface area contributed by atoms with Gasteiger partial charge in [0.25, 0.3) is 0 Å². The van der Waals surface area contributed by atoms with Crippen LogP contribution in [0.2, 0.25) is 0 Å². The topological polar surface area (TPSA) is 55.8 Å². The summed E-state index contributed by atoms with van der Waals surface area (Å²) in [4.78, 5) is 11.0. The van der Waals surface area contributed by atoms with Crippen molar-refractivity contribution in [2.75, 3.05) is 7.11 Å². The molecule has 1 atom stereocenters. The molecule has 0 saturated heterocycles. The molecule has 0 aliphatic carbocycles. The van der Waals surface area contributed by atoms with E-state index in [0.717, 1.165) is 18.6 Å². The highest BCUT2D eigenvalue weighted by Crippen LogP contribution is 2.19. The largest absolute Gasteiger partial charge is 0.497 e. The Labute approximate surface area is 101 Å². The minimum Gasteiger partial charge on any atom is -0.497 e. The molecular formula is C13H18O4. The summed E-state index contributed by atoms with van der Waals surface area (Å²) < 4.78 is 10.4. The number of unbranched alkanes of at least 4 members (excludes halogenated alkanes) is 1. The van der Waals surface area contributed by atoms with Crippen LogP contribution in [0.3, 0.4) is 0 Å². The summed E-state index contributed by atoms with van der Waals surface area (Å²) >= 11 is 0. The molecular weight excluding hydrogens is 220 g/mol. The maximum absolute atomic E-state index is 11.0. The number of rotatable bonds is 7. The number of benzene rings is 1. The van der Waals surface area contributed by atoms with Crippen molar-refractivity contribution in [1.82, 2.24) is 0 Å². The second kappa shape index (κ2) is 6.78. The Kier molecular flexibility index (Phi) is 5.33. The van der Waals surface area contributed by atoms with Gasteiger partial charge in [0.2, 0.25) is 0 Å². The lowest BCUT2D eigenvalue weighted by atomic mass is 10.1. The standard InChI is InChI=1S/C13H18O4/c1-3-4-5-12(13(14)15)17-11-8-6-10(16-2)7-9-11/h6-9,12H,3-5H2,1-2H3,(H,14,15)/t12-/m1/s1. The van der Waals surface area contributed by atoms with E-state index >= 15 is 0 Å². The van der Waals surface area contributed by atoms with E-state index in [9.17, 15) is 4.79 Å². The van der Waals surface area contributed by atoms with Crippen molar-refractivity contribution in [3.8, 4) is 11.5 Å². The number of methoxy groups -OCH3 is 1. The first-order valence-electron chi connectivity index (χ1n) is 5.71. The SMILES string of the molecule is CCCC[C@@H](Oc1ccc(OC)cc1)C(=O)O. The highest BCUT2D eigenvalue weighted by atomic mass is 16.5. The van der Waals surface area contributed by atoms with Crippen molar-refractivity contribution in [3.63, 3.8) is 0 Å². The van der Waals surface area contributed by atoms with Gasteiger partial charge in [0, 0.05) is 0 Å². The molecule has 0 spiro atoms. The Morgan fingerprint density at radius 3 is 2.35 bits per heavy atom. The zero-order valence-electron chi connectivity index (χ0n) is 10.2. The smallest absolute Gasteiger partial charge is 0.344 e. The third-order valence-corrected chi connectivity index (χ3v) is 2.43. The number of carbonyl (C=O) groups is 1. The Hall–Kier alpha value is -1.71. The molecule has 0 radical (unpaired) electrons. The fourth-order valence-electron chi connectivity index (χ4n) is 1.44. The van der Waals surface area contributed by atoms with Crippen molar-refractivity contribution in [3.05, 3.63) is 24.3 Å². The number of hydrogen-bond acceptors (Lipinski definition) is 3. The molecule has 1 aromatic carbocycles. The highest BCUT2D eigenvalue weighted by Gasteiger charge is 2.18. The van der Waals surface area contributed by atoms with Crippen LogP contribution in [0.4, 0.5) is 0 Å². The van der Waals surface area contributed by atoms with E-state index < -0.39 is 12.1 Å². The van der Waals surface area contributed by atoms with Crippen LogP contribution in [-0.2, 0) is 4.79 Å². The first-order valence-corrected chi connectivity index (χ1v) is 5.71. The third kappa shape index (κ3) is 4.34. The first-order chi connectivity index (χ1) is 8.17. The average molecular weight is 238 g/mol. The molecule has 0 fully saturated rings. The summed E-state index contributed by atoms with van der Waals surface area (Å²) in [6.45, 7) is 2.02. The van der Waals surface area contributed by atoms with Gasteiger partial charge in [-0.2, -0.15) is 0 Å². The van der Waals surface area contributed by atoms with Crippen LogP contribution in [0.1, 0.15) is 26.2 Å². The van der Waals surface area contributed by atoms with Crippen molar-refractivity contribution >= 4 is 5.97 Å². The minimum atomic E-state index is -0.922. The molecule has 0 aliphatic rings. The normalized spacial score (nSPS) is 11.9. The van der Waals surface area contributed by atoms with E-state index in [1.54, 1.807) is 31.4 Å². The molecule has 17 heavy (non-hydrogen) atoms. The Balaban J connectivity index is 2.61. The quantitative estimate of drug-likeness (QED) is 0.793. The fraction of sp³-hybridized carbons (Fsp3) is 0.462. The van der Waals surface area contributed by atoms with Crippen LogP contribution in [0.15, 0.2) is 24.3 Å². The lowest BCUT2D eigenvalue weighted by molar-refractivity contribution is -0.145. The van der Waals surface area contributed by atoms with Gasteiger partial charge >= 0.3 is 5.97 Å². The van der Waals surface area contributed by atoms with Crippen molar-refractivity contribution in [1.29, 1.82) is 0 Å². The van der Waals surface area contributed by atoms with E-state index in [1.165, 1.54) is 0 Å². The minimum absolute atomic E-state index is 0.526. The first kappa shape index (κ1) is 13.4. The van der Waals surface area contributed by atoms with Gasteiger partial charge in [0.1, 0.15) is 11.5 Å². The number of carboxylic acids is 1. The zero-order valence-corrected chi connectivity index (χ0v) is 10.2. The Morgan fingerprint density at radius 2 is 1.88 bits per heavy atom. The van der Waals surface area contributed by atoms with E-state index in [1.807, 2.05) is 6.92 Å². The maximum atomic E-state index is 11.0. The van der Waals surface area contributed by atoms with Crippen LogP contribution in [-0.4, -0.2) is 24.3 Å². The fourth-order valence-corrected chi connectivity index (χ4v) is 1.44. The van der Waals surface area contributed by atoms with Gasteiger partial charge in [-0.05, 0) is 37.1 Å². The maximum Gasteiger partial charge on any atom is 0.344 e. The molecule has 1 N–H and O–H groups in total. The number of carboxylic acid groups (broad SMARTS) is 1. The monoisotopic (exact) mass is 238 g/mol. The number of ether oxygens (including phenoxy) is 2. The van der Waals surface area contributed by atoms with Gasteiger partial charge in [0.15, 0.2) is 6.10 Å². The molecule has 4 nitrogen and oxygen atoms in total. The van der Waals surface area contributed by atoms with Gasteiger partial charge in [-0.15, -0.1) is 0 Å². The molecule has 0 saturated carbocycles. The van der Waals surface area contributed by atoms with Crippen LogP contribution in [0.25, 0.3) is 0 Å². The molecule has 1 rings (SSSR count). The summed E-state index contributed by atoms with van der Waals surface area (Å²) in [5.41, 5.74) is 0. The lowest BCUT2D eigenvalue weighted by Crippen LogP contribution is -2.26. The van der Waals surface area contributed by atoms with Crippen LogP contribution >= 0.6 is 0 Å². The molecule has 1 aromatic rings. The van der Waals surface area contributed by atoms with Gasteiger partial charge in [-0.3, -0.25) is 0 Å². The van der Waals surface area contributed by atoms with E-state index in [0.29, 0.717) is 12.2 Å². The van der Waals surface area contributed by atoms with Gasteiger partial charge in [-0.1, -0.05) is 13.3 Å². The van der Waals surface area contributed by atoms with E-state index in [-0.39, 0.29) is 0 Å². The Morgan fingerprint density at radius 1 is 1.29 bits per heavy atom. The number of hydrogen-bond donors (Lipinski definition) is 1.